The van der Waals surface area contributed by atoms with Gasteiger partial charge in [-0.3, -0.25) is 4.79 Å². The fourth-order valence-corrected chi connectivity index (χ4v) is 5.54. The first-order valence-electron chi connectivity index (χ1n) is 9.95. The minimum Gasteiger partial charge on any atom is -0.329 e. The van der Waals surface area contributed by atoms with Crippen LogP contribution in [0.3, 0.4) is 0 Å². The van der Waals surface area contributed by atoms with Crippen LogP contribution >= 0.6 is 0 Å². The highest BCUT2D eigenvalue weighted by atomic mass is 16.2. The number of nitrogens with zero attached hydrogens (tertiary/aromatic N) is 4. The first-order chi connectivity index (χ1) is 13.2. The summed E-state index contributed by atoms with van der Waals surface area (Å²) in [6, 6.07) is 6.75. The van der Waals surface area contributed by atoms with E-state index in [1.807, 2.05) is 18.2 Å². The number of hydrogen-bond donors (Lipinski definition) is 1. The lowest BCUT2D eigenvalue weighted by molar-refractivity contribution is 0.0623. The van der Waals surface area contributed by atoms with Gasteiger partial charge in [0.15, 0.2) is 0 Å². The molecule has 1 N–H and O–H groups in total. The maximum absolute atomic E-state index is 13.5. The van der Waals surface area contributed by atoms with E-state index in [9.17, 15) is 4.79 Å². The predicted octanol–water partition coefficient (Wildman–Crippen LogP) is 2.67. The Morgan fingerprint density at radius 3 is 2.89 bits per heavy atom. The molecule has 2 aromatic heterocycles. The Kier molecular flexibility index (Phi) is 3.97. The Labute approximate surface area is 159 Å². The number of nitrogens with one attached hydrogen (secondary N) is 1. The van der Waals surface area contributed by atoms with Gasteiger partial charge in [-0.2, -0.15) is 0 Å². The summed E-state index contributed by atoms with van der Waals surface area (Å²) in [6.45, 7) is 3.28. The summed E-state index contributed by atoms with van der Waals surface area (Å²) in [4.78, 5) is 28.5. The van der Waals surface area contributed by atoms with Crippen LogP contribution < -0.4 is 5.32 Å². The van der Waals surface area contributed by atoms with Crippen LogP contribution in [0.2, 0.25) is 0 Å². The van der Waals surface area contributed by atoms with Gasteiger partial charge in [-0.05, 0) is 31.4 Å². The molecule has 0 radical (unpaired) electrons. The van der Waals surface area contributed by atoms with Crippen molar-refractivity contribution in [2.75, 3.05) is 6.54 Å². The van der Waals surface area contributed by atoms with Gasteiger partial charge in [-0.1, -0.05) is 25.8 Å². The zero-order chi connectivity index (χ0) is 18.4. The van der Waals surface area contributed by atoms with E-state index >= 15 is 0 Å². The number of piperidine rings is 1. The summed E-state index contributed by atoms with van der Waals surface area (Å²) in [5.41, 5.74) is 2.27. The summed E-state index contributed by atoms with van der Waals surface area (Å²) in [6.07, 6.45) is 10.8. The first-order valence-corrected chi connectivity index (χ1v) is 9.95. The van der Waals surface area contributed by atoms with Crippen LogP contribution in [-0.2, 0) is 0 Å². The van der Waals surface area contributed by atoms with Crippen LogP contribution in [0.15, 0.2) is 36.9 Å². The Hall–Kier alpha value is -2.34. The van der Waals surface area contributed by atoms with Gasteiger partial charge in [0, 0.05) is 48.0 Å². The zero-order valence-corrected chi connectivity index (χ0v) is 15.6. The Bertz CT molecular complexity index is 857. The van der Waals surface area contributed by atoms with Gasteiger partial charge in [0.05, 0.1) is 5.69 Å². The van der Waals surface area contributed by atoms with E-state index in [4.69, 9.17) is 0 Å². The van der Waals surface area contributed by atoms with Gasteiger partial charge in [-0.25, -0.2) is 15.0 Å². The predicted molar refractivity (Wildman–Crippen MR) is 102 cm³/mol. The van der Waals surface area contributed by atoms with E-state index in [0.29, 0.717) is 17.8 Å². The molecule has 2 aromatic rings. The molecule has 27 heavy (non-hydrogen) atoms. The third-order valence-electron chi connectivity index (χ3n) is 6.84. The van der Waals surface area contributed by atoms with Gasteiger partial charge in [0.2, 0.25) is 0 Å². The summed E-state index contributed by atoms with van der Waals surface area (Å²) in [5, 5.41) is 3.74. The lowest BCUT2D eigenvalue weighted by Crippen LogP contribution is -2.51. The van der Waals surface area contributed by atoms with Crippen molar-refractivity contribution in [1.82, 2.24) is 25.2 Å². The molecule has 0 aromatic carbocycles. The van der Waals surface area contributed by atoms with E-state index < -0.39 is 0 Å². The molecule has 3 fully saturated rings. The molecule has 0 unspecified atom stereocenters. The van der Waals surface area contributed by atoms with Crippen LogP contribution in [-0.4, -0.2) is 50.4 Å². The Morgan fingerprint density at radius 1 is 1.22 bits per heavy atom. The summed E-state index contributed by atoms with van der Waals surface area (Å²) in [7, 11) is 0. The summed E-state index contributed by atoms with van der Waals surface area (Å²) >= 11 is 0. The van der Waals surface area contributed by atoms with Crippen LogP contribution in [0.25, 0.3) is 11.3 Å². The number of aromatic nitrogens is 3. The zero-order valence-electron chi connectivity index (χ0n) is 15.6. The van der Waals surface area contributed by atoms with E-state index in [0.717, 1.165) is 30.6 Å². The number of pyridine rings is 1. The van der Waals surface area contributed by atoms with Crippen LogP contribution in [0.4, 0.5) is 0 Å². The van der Waals surface area contributed by atoms with Crippen molar-refractivity contribution in [2.24, 2.45) is 5.41 Å². The first kappa shape index (κ1) is 16.8. The Balaban J connectivity index is 1.49. The number of fused-ring (bicyclic) bond motifs is 1. The van der Waals surface area contributed by atoms with E-state index in [1.54, 1.807) is 12.4 Å². The van der Waals surface area contributed by atoms with E-state index in [1.165, 1.54) is 25.6 Å². The number of hydrogen-bond acceptors (Lipinski definition) is 5. The number of carbonyl (C=O) groups is 1. The lowest BCUT2D eigenvalue weighted by Gasteiger charge is -2.39. The molecule has 1 saturated carbocycles. The fraction of sp³-hybridized carbons (Fsp3) is 0.524. The van der Waals surface area contributed by atoms with Crippen molar-refractivity contribution >= 4 is 5.91 Å². The molecule has 2 aliphatic heterocycles. The molecule has 140 valence electrons. The fourth-order valence-electron chi connectivity index (χ4n) is 5.54. The molecule has 4 heterocycles. The van der Waals surface area contributed by atoms with E-state index in [-0.39, 0.29) is 17.4 Å². The van der Waals surface area contributed by atoms with E-state index in [2.05, 4.69) is 32.1 Å². The molecular weight excluding hydrogens is 338 g/mol. The molecule has 1 aliphatic carbocycles. The molecule has 1 amide bonds. The molecule has 4 atom stereocenters. The normalized spacial score (nSPS) is 32.2. The highest BCUT2D eigenvalue weighted by Crippen LogP contribution is 2.50. The molecule has 3 aliphatic rings. The number of likely N-dealkylation sites (tertiary alicyclic amines) is 1. The molecule has 6 nitrogen and oxygen atoms in total. The average Bonchev–Trinajstić information content (AvgIpc) is 2.82. The second-order valence-electron chi connectivity index (χ2n) is 8.37. The second-order valence-corrected chi connectivity index (χ2v) is 8.37. The standard InChI is InChI=1S/C21H25N5O/c1-21-9-15-12-24-18(21)7-2-3-8-19(21)26(15)20(27)17-6-4-5-16(25-17)14-10-22-13-23-11-14/h4-6,10-11,13,15,18-19,24H,2-3,7-9,12H2,1H3/t15-,18+,19-,21+/m0/s1. The smallest absolute Gasteiger partial charge is 0.273 e. The number of rotatable bonds is 2. The van der Waals surface area contributed by atoms with Gasteiger partial charge < -0.3 is 10.2 Å². The van der Waals surface area contributed by atoms with Gasteiger partial charge in [-0.15, -0.1) is 0 Å². The third-order valence-corrected chi connectivity index (χ3v) is 6.84. The number of amides is 1. The monoisotopic (exact) mass is 363 g/mol. The lowest BCUT2D eigenvalue weighted by atomic mass is 9.72. The van der Waals surface area contributed by atoms with Crippen molar-refractivity contribution < 1.29 is 4.79 Å². The number of carbonyl (C=O) groups excluding carboxylic acids is 1. The maximum atomic E-state index is 13.5. The van der Waals surface area contributed by atoms with Gasteiger partial charge >= 0.3 is 0 Å². The van der Waals surface area contributed by atoms with Crippen molar-refractivity contribution in [3.05, 3.63) is 42.6 Å². The van der Waals surface area contributed by atoms with Gasteiger partial charge in [0.25, 0.3) is 5.91 Å². The minimum atomic E-state index is 0.0665. The van der Waals surface area contributed by atoms with Crippen molar-refractivity contribution in [3.8, 4) is 11.3 Å². The van der Waals surface area contributed by atoms with Crippen LogP contribution in [0.1, 0.15) is 49.5 Å². The molecule has 5 rings (SSSR count). The summed E-state index contributed by atoms with van der Waals surface area (Å²) in [5.74, 6) is 0.0665. The van der Waals surface area contributed by atoms with Crippen molar-refractivity contribution in [1.29, 1.82) is 0 Å². The SMILES string of the molecule is C[C@@]12C[C@H]3CN[C@@H]1CCCC[C@@H]2N3C(=O)c1cccc(-c2cncnc2)n1. The third kappa shape index (κ3) is 2.65. The summed E-state index contributed by atoms with van der Waals surface area (Å²) < 4.78 is 0. The molecule has 2 saturated heterocycles. The topological polar surface area (TPSA) is 71.0 Å². The Morgan fingerprint density at radius 2 is 2.04 bits per heavy atom. The second kappa shape index (κ2) is 6.37. The molecule has 6 heteroatoms. The maximum Gasteiger partial charge on any atom is 0.273 e. The average molecular weight is 363 g/mol. The molecule has 0 spiro atoms. The largest absolute Gasteiger partial charge is 0.329 e. The highest BCUT2D eigenvalue weighted by molar-refractivity contribution is 5.93. The highest BCUT2D eigenvalue weighted by Gasteiger charge is 2.57. The van der Waals surface area contributed by atoms with Crippen molar-refractivity contribution in [3.63, 3.8) is 0 Å². The van der Waals surface area contributed by atoms with Crippen LogP contribution in [0, 0.1) is 5.41 Å². The van der Waals surface area contributed by atoms with Crippen molar-refractivity contribution in [2.45, 2.75) is 57.2 Å². The minimum absolute atomic E-state index is 0.0665. The van der Waals surface area contributed by atoms with Gasteiger partial charge in [0.1, 0.15) is 12.0 Å². The molecule has 2 bridgehead atoms. The molecular formula is C21H25N5O. The van der Waals surface area contributed by atoms with Crippen LogP contribution in [0.5, 0.6) is 0 Å². The quantitative estimate of drug-likeness (QED) is 0.888.